The number of aromatic nitrogens is 2. The van der Waals surface area contributed by atoms with E-state index in [0.29, 0.717) is 24.2 Å². The fourth-order valence-corrected chi connectivity index (χ4v) is 3.31. The molecular weight excluding hydrogens is 312 g/mol. The van der Waals surface area contributed by atoms with Gasteiger partial charge in [0.2, 0.25) is 5.95 Å². The first-order valence-corrected chi connectivity index (χ1v) is 8.27. The van der Waals surface area contributed by atoms with Crippen molar-refractivity contribution in [3.05, 3.63) is 77.5 Å². The quantitative estimate of drug-likeness (QED) is 0.765. The number of hydrogen-bond acceptors (Lipinski definition) is 5. The van der Waals surface area contributed by atoms with Gasteiger partial charge in [-0.05, 0) is 30.0 Å². The number of carbonyl (C=O) groups is 1. The van der Waals surface area contributed by atoms with Crippen molar-refractivity contribution in [2.75, 3.05) is 11.1 Å². The number of carbonyl (C=O) groups excluding carboxylic acids is 1. The van der Waals surface area contributed by atoms with E-state index in [0.717, 1.165) is 16.9 Å². The van der Waals surface area contributed by atoms with Crippen LogP contribution in [0.4, 0.5) is 17.5 Å². The minimum Gasteiger partial charge on any atom is -0.368 e. The number of ketones is 1. The molecule has 124 valence electrons. The summed E-state index contributed by atoms with van der Waals surface area (Å²) >= 11 is 0. The Bertz CT molecular complexity index is 910. The van der Waals surface area contributed by atoms with Crippen LogP contribution >= 0.6 is 0 Å². The Balaban J connectivity index is 1.72. The smallest absolute Gasteiger partial charge is 0.222 e. The molecular formula is C20H18N4O. The molecule has 3 aromatic rings. The molecule has 0 amide bonds. The Morgan fingerprint density at radius 3 is 2.32 bits per heavy atom. The first kappa shape index (κ1) is 15.3. The molecule has 5 nitrogen and oxygen atoms in total. The van der Waals surface area contributed by atoms with E-state index in [1.807, 2.05) is 48.5 Å². The molecule has 1 unspecified atom stereocenters. The second-order valence-electron chi connectivity index (χ2n) is 6.18. The maximum Gasteiger partial charge on any atom is 0.222 e. The van der Waals surface area contributed by atoms with Crippen LogP contribution in [-0.2, 0) is 6.42 Å². The first-order chi connectivity index (χ1) is 12.2. The zero-order valence-electron chi connectivity index (χ0n) is 13.6. The van der Waals surface area contributed by atoms with Gasteiger partial charge < -0.3 is 11.1 Å². The van der Waals surface area contributed by atoms with Crippen molar-refractivity contribution in [2.45, 2.75) is 18.8 Å². The molecule has 4 rings (SSSR count). The van der Waals surface area contributed by atoms with Gasteiger partial charge in [0.05, 0.1) is 11.3 Å². The van der Waals surface area contributed by atoms with Crippen LogP contribution in [0.3, 0.4) is 0 Å². The van der Waals surface area contributed by atoms with Gasteiger partial charge in [-0.25, -0.2) is 4.98 Å². The largest absolute Gasteiger partial charge is 0.368 e. The number of benzene rings is 2. The molecule has 0 radical (unpaired) electrons. The van der Waals surface area contributed by atoms with E-state index >= 15 is 0 Å². The average Bonchev–Trinajstić information content (AvgIpc) is 2.62. The minimum atomic E-state index is 0.0496. The van der Waals surface area contributed by atoms with E-state index in [2.05, 4.69) is 27.4 Å². The lowest BCUT2D eigenvalue weighted by atomic mass is 9.82. The van der Waals surface area contributed by atoms with Gasteiger partial charge in [-0.15, -0.1) is 0 Å². The van der Waals surface area contributed by atoms with Crippen molar-refractivity contribution in [1.29, 1.82) is 0 Å². The lowest BCUT2D eigenvalue weighted by Crippen LogP contribution is -2.23. The molecule has 1 atom stereocenters. The molecule has 5 heteroatoms. The van der Waals surface area contributed by atoms with Crippen molar-refractivity contribution >= 4 is 23.2 Å². The summed E-state index contributed by atoms with van der Waals surface area (Å²) in [4.78, 5) is 21.4. The lowest BCUT2D eigenvalue weighted by Gasteiger charge is -2.25. The zero-order chi connectivity index (χ0) is 17.2. The Labute approximate surface area is 145 Å². The van der Waals surface area contributed by atoms with Gasteiger partial charge in [0.15, 0.2) is 5.78 Å². The number of fused-ring (bicyclic) bond motifs is 1. The molecule has 0 aliphatic heterocycles. The van der Waals surface area contributed by atoms with Crippen molar-refractivity contribution in [1.82, 2.24) is 9.97 Å². The predicted molar refractivity (Wildman–Crippen MR) is 98.0 cm³/mol. The fraction of sp³-hybridized carbons (Fsp3) is 0.150. The molecule has 0 bridgehead atoms. The fourth-order valence-electron chi connectivity index (χ4n) is 3.31. The third kappa shape index (κ3) is 3.08. The molecule has 1 aromatic heterocycles. The first-order valence-electron chi connectivity index (χ1n) is 8.27. The van der Waals surface area contributed by atoms with Crippen LogP contribution in [0, 0.1) is 0 Å². The van der Waals surface area contributed by atoms with Crippen LogP contribution < -0.4 is 11.1 Å². The number of nitrogens with two attached hydrogens (primary N) is 1. The third-order valence-electron chi connectivity index (χ3n) is 4.46. The van der Waals surface area contributed by atoms with E-state index in [1.54, 1.807) is 0 Å². The second-order valence-corrected chi connectivity index (χ2v) is 6.18. The Kier molecular flexibility index (Phi) is 3.90. The third-order valence-corrected chi connectivity index (χ3v) is 4.46. The van der Waals surface area contributed by atoms with Gasteiger partial charge in [0, 0.05) is 12.1 Å². The van der Waals surface area contributed by atoms with E-state index in [4.69, 9.17) is 5.73 Å². The highest BCUT2D eigenvalue weighted by molar-refractivity contribution is 6.03. The summed E-state index contributed by atoms with van der Waals surface area (Å²) in [5.74, 6) is 0.845. The van der Waals surface area contributed by atoms with E-state index in [-0.39, 0.29) is 17.6 Å². The minimum absolute atomic E-state index is 0.0496. The second kappa shape index (κ2) is 6.36. The summed E-state index contributed by atoms with van der Waals surface area (Å²) in [5, 5.41) is 3.21. The molecule has 0 spiro atoms. The molecule has 3 N–H and O–H groups in total. The van der Waals surface area contributed by atoms with Crippen molar-refractivity contribution in [3.63, 3.8) is 0 Å². The summed E-state index contributed by atoms with van der Waals surface area (Å²) in [6.45, 7) is 0. The monoisotopic (exact) mass is 330 g/mol. The highest BCUT2D eigenvalue weighted by Crippen LogP contribution is 2.35. The summed E-state index contributed by atoms with van der Waals surface area (Å²) < 4.78 is 0. The van der Waals surface area contributed by atoms with E-state index < -0.39 is 0 Å². The Hall–Kier alpha value is -3.21. The van der Waals surface area contributed by atoms with Gasteiger partial charge >= 0.3 is 0 Å². The summed E-state index contributed by atoms with van der Waals surface area (Å²) in [7, 11) is 0. The number of rotatable bonds is 3. The van der Waals surface area contributed by atoms with Crippen LogP contribution in [-0.4, -0.2) is 15.8 Å². The average molecular weight is 330 g/mol. The molecule has 0 saturated carbocycles. The van der Waals surface area contributed by atoms with E-state index in [1.165, 1.54) is 0 Å². The SMILES string of the molecule is Nc1nc2c(c(Nc3ccccc3)n1)C(=O)CC(c1ccccc1)C2. The molecule has 2 aromatic carbocycles. The number of nitrogen functional groups attached to an aromatic ring is 1. The number of para-hydroxylation sites is 1. The van der Waals surface area contributed by atoms with Gasteiger partial charge in [-0.2, -0.15) is 4.98 Å². The highest BCUT2D eigenvalue weighted by atomic mass is 16.1. The highest BCUT2D eigenvalue weighted by Gasteiger charge is 2.30. The summed E-state index contributed by atoms with van der Waals surface area (Å²) in [6.07, 6.45) is 1.13. The number of hydrogen-bond donors (Lipinski definition) is 2. The summed E-state index contributed by atoms with van der Waals surface area (Å²) in [6, 6.07) is 19.7. The summed E-state index contributed by atoms with van der Waals surface area (Å²) in [5.41, 5.74) is 9.18. The van der Waals surface area contributed by atoms with Crippen LogP contribution in [0.2, 0.25) is 0 Å². The molecule has 1 heterocycles. The lowest BCUT2D eigenvalue weighted by molar-refractivity contribution is 0.0964. The maximum absolute atomic E-state index is 12.8. The van der Waals surface area contributed by atoms with Gasteiger partial charge in [-0.3, -0.25) is 4.79 Å². The van der Waals surface area contributed by atoms with Crippen LogP contribution in [0.1, 0.15) is 34.0 Å². The molecule has 25 heavy (non-hydrogen) atoms. The number of Topliss-reactive ketones (excluding diaryl/α,β-unsaturated/α-hetero) is 1. The molecule has 1 aliphatic carbocycles. The van der Waals surface area contributed by atoms with Crippen LogP contribution in [0.25, 0.3) is 0 Å². The normalized spacial score (nSPS) is 16.3. The Morgan fingerprint density at radius 2 is 1.60 bits per heavy atom. The van der Waals surface area contributed by atoms with Crippen LogP contribution in [0.15, 0.2) is 60.7 Å². The molecule has 0 fully saturated rings. The van der Waals surface area contributed by atoms with Gasteiger partial charge in [0.25, 0.3) is 0 Å². The zero-order valence-corrected chi connectivity index (χ0v) is 13.6. The van der Waals surface area contributed by atoms with Gasteiger partial charge in [-0.1, -0.05) is 48.5 Å². The molecule has 0 saturated heterocycles. The number of nitrogens with zero attached hydrogens (tertiary/aromatic N) is 2. The topological polar surface area (TPSA) is 80.9 Å². The predicted octanol–water partition coefficient (Wildman–Crippen LogP) is 3.72. The molecule has 1 aliphatic rings. The van der Waals surface area contributed by atoms with Gasteiger partial charge in [0.1, 0.15) is 5.82 Å². The van der Waals surface area contributed by atoms with Crippen molar-refractivity contribution in [3.8, 4) is 0 Å². The maximum atomic E-state index is 12.8. The van der Waals surface area contributed by atoms with E-state index in [9.17, 15) is 4.79 Å². The van der Waals surface area contributed by atoms with Crippen molar-refractivity contribution < 1.29 is 4.79 Å². The standard InChI is InChI=1S/C20H18N4O/c21-20-23-16-11-14(13-7-3-1-4-8-13)12-17(25)18(16)19(24-20)22-15-9-5-2-6-10-15/h1-10,14H,11-12H2,(H3,21,22,23,24). The Morgan fingerprint density at radius 1 is 0.920 bits per heavy atom. The number of nitrogens with one attached hydrogen (secondary N) is 1. The number of anilines is 3. The van der Waals surface area contributed by atoms with Crippen molar-refractivity contribution in [2.24, 2.45) is 0 Å². The van der Waals surface area contributed by atoms with Crippen LogP contribution in [0.5, 0.6) is 0 Å².